The lowest BCUT2D eigenvalue weighted by Crippen LogP contribution is -2.40. The summed E-state index contributed by atoms with van der Waals surface area (Å²) < 4.78 is 13.4. The fourth-order valence-electron chi connectivity index (χ4n) is 2.23. The SMILES string of the molecule is CN1CCCCC1CNc1ccccc1F. The average Bonchev–Trinajstić information content (AvgIpc) is 2.30. The van der Waals surface area contributed by atoms with Crippen LogP contribution < -0.4 is 5.32 Å². The normalized spacial score (nSPS) is 22.0. The van der Waals surface area contributed by atoms with Gasteiger partial charge in [-0.2, -0.15) is 0 Å². The lowest BCUT2D eigenvalue weighted by molar-refractivity contribution is 0.194. The van der Waals surface area contributed by atoms with E-state index in [4.69, 9.17) is 0 Å². The van der Waals surface area contributed by atoms with Gasteiger partial charge in [-0.25, -0.2) is 4.39 Å². The van der Waals surface area contributed by atoms with Crippen LogP contribution in [0.2, 0.25) is 0 Å². The molecule has 3 heteroatoms. The van der Waals surface area contributed by atoms with E-state index in [1.54, 1.807) is 12.1 Å². The molecule has 2 nitrogen and oxygen atoms in total. The Bertz CT molecular complexity index is 340. The molecule has 1 aliphatic rings. The Kier molecular flexibility index (Phi) is 3.78. The van der Waals surface area contributed by atoms with Crippen molar-refractivity contribution in [2.45, 2.75) is 25.3 Å². The maximum Gasteiger partial charge on any atom is 0.146 e. The van der Waals surface area contributed by atoms with Crippen molar-refractivity contribution in [3.05, 3.63) is 30.1 Å². The number of piperidine rings is 1. The van der Waals surface area contributed by atoms with E-state index in [0.29, 0.717) is 11.7 Å². The molecule has 0 aromatic heterocycles. The quantitative estimate of drug-likeness (QED) is 0.846. The molecule has 1 unspecified atom stereocenters. The van der Waals surface area contributed by atoms with Crippen molar-refractivity contribution in [2.75, 3.05) is 25.5 Å². The largest absolute Gasteiger partial charge is 0.381 e. The van der Waals surface area contributed by atoms with Gasteiger partial charge >= 0.3 is 0 Å². The van der Waals surface area contributed by atoms with Gasteiger partial charge in [-0.3, -0.25) is 0 Å². The molecule has 0 aliphatic carbocycles. The molecule has 1 aromatic carbocycles. The van der Waals surface area contributed by atoms with Crippen LogP contribution in [0.15, 0.2) is 24.3 Å². The number of benzene rings is 1. The van der Waals surface area contributed by atoms with Crippen LogP contribution in [0.1, 0.15) is 19.3 Å². The molecule has 88 valence electrons. The van der Waals surface area contributed by atoms with Gasteiger partial charge in [0.15, 0.2) is 0 Å². The number of para-hydroxylation sites is 1. The molecule has 1 atom stereocenters. The maximum absolute atomic E-state index is 13.4. The van der Waals surface area contributed by atoms with Crippen molar-refractivity contribution in [1.29, 1.82) is 0 Å². The minimum absolute atomic E-state index is 0.166. The van der Waals surface area contributed by atoms with Gasteiger partial charge in [0, 0.05) is 12.6 Å². The number of likely N-dealkylation sites (tertiary alicyclic amines) is 1. The second-order valence-corrected chi connectivity index (χ2v) is 4.49. The van der Waals surface area contributed by atoms with Gasteiger partial charge in [-0.05, 0) is 38.6 Å². The molecule has 1 saturated heterocycles. The van der Waals surface area contributed by atoms with Crippen LogP contribution >= 0.6 is 0 Å². The van der Waals surface area contributed by atoms with Gasteiger partial charge in [0.2, 0.25) is 0 Å². The highest BCUT2D eigenvalue weighted by atomic mass is 19.1. The van der Waals surface area contributed by atoms with Crippen molar-refractivity contribution in [3.8, 4) is 0 Å². The number of anilines is 1. The van der Waals surface area contributed by atoms with E-state index < -0.39 is 0 Å². The number of hydrogen-bond acceptors (Lipinski definition) is 2. The van der Waals surface area contributed by atoms with Gasteiger partial charge in [0.1, 0.15) is 5.82 Å². The van der Waals surface area contributed by atoms with Crippen molar-refractivity contribution in [3.63, 3.8) is 0 Å². The van der Waals surface area contributed by atoms with E-state index in [2.05, 4.69) is 17.3 Å². The monoisotopic (exact) mass is 222 g/mol. The summed E-state index contributed by atoms with van der Waals surface area (Å²) in [6.07, 6.45) is 3.78. The van der Waals surface area contributed by atoms with E-state index in [-0.39, 0.29) is 5.82 Å². The number of halogens is 1. The molecule has 16 heavy (non-hydrogen) atoms. The molecule has 0 spiro atoms. The third-order valence-electron chi connectivity index (χ3n) is 3.32. The zero-order valence-electron chi connectivity index (χ0n) is 9.75. The average molecular weight is 222 g/mol. The Labute approximate surface area is 96.5 Å². The zero-order chi connectivity index (χ0) is 11.4. The first kappa shape index (κ1) is 11.4. The summed E-state index contributed by atoms with van der Waals surface area (Å²) in [7, 11) is 2.15. The molecule has 0 radical (unpaired) electrons. The Morgan fingerprint density at radius 3 is 2.94 bits per heavy atom. The number of nitrogens with zero attached hydrogens (tertiary/aromatic N) is 1. The van der Waals surface area contributed by atoms with E-state index in [1.807, 2.05) is 6.07 Å². The van der Waals surface area contributed by atoms with Crippen LogP contribution in [-0.2, 0) is 0 Å². The van der Waals surface area contributed by atoms with E-state index in [1.165, 1.54) is 25.3 Å². The standard InChI is InChI=1S/C13H19FN2/c1-16-9-5-4-6-11(16)10-15-13-8-3-2-7-12(13)14/h2-3,7-8,11,15H,4-6,9-10H2,1H3. The Balaban J connectivity index is 1.89. The molecule has 0 amide bonds. The predicted molar refractivity (Wildman–Crippen MR) is 65.2 cm³/mol. The summed E-state index contributed by atoms with van der Waals surface area (Å²) in [5, 5.41) is 3.20. The lowest BCUT2D eigenvalue weighted by atomic mass is 10.0. The molecule has 1 aliphatic heterocycles. The van der Waals surface area contributed by atoms with Gasteiger partial charge < -0.3 is 10.2 Å². The van der Waals surface area contributed by atoms with Crippen LogP contribution in [0.25, 0.3) is 0 Å². The van der Waals surface area contributed by atoms with Crippen molar-refractivity contribution >= 4 is 5.69 Å². The molecule has 1 fully saturated rings. The first-order valence-corrected chi connectivity index (χ1v) is 5.96. The third kappa shape index (κ3) is 2.73. The summed E-state index contributed by atoms with van der Waals surface area (Å²) in [6.45, 7) is 1.99. The molecule has 1 N–H and O–H groups in total. The second kappa shape index (κ2) is 5.30. The highest BCUT2D eigenvalue weighted by Crippen LogP contribution is 2.17. The van der Waals surface area contributed by atoms with Crippen molar-refractivity contribution < 1.29 is 4.39 Å². The first-order chi connectivity index (χ1) is 7.77. The van der Waals surface area contributed by atoms with E-state index >= 15 is 0 Å². The smallest absolute Gasteiger partial charge is 0.146 e. The molecule has 0 saturated carbocycles. The number of hydrogen-bond donors (Lipinski definition) is 1. The Morgan fingerprint density at radius 2 is 2.19 bits per heavy atom. The first-order valence-electron chi connectivity index (χ1n) is 5.96. The predicted octanol–water partition coefficient (Wildman–Crippen LogP) is 2.72. The minimum Gasteiger partial charge on any atom is -0.381 e. The van der Waals surface area contributed by atoms with Gasteiger partial charge in [-0.15, -0.1) is 0 Å². The van der Waals surface area contributed by atoms with E-state index in [0.717, 1.165) is 13.1 Å². The molecular formula is C13H19FN2. The fourth-order valence-corrected chi connectivity index (χ4v) is 2.23. The lowest BCUT2D eigenvalue weighted by Gasteiger charge is -2.32. The molecular weight excluding hydrogens is 203 g/mol. The topological polar surface area (TPSA) is 15.3 Å². The Hall–Kier alpha value is -1.09. The summed E-state index contributed by atoms with van der Waals surface area (Å²) in [4.78, 5) is 2.36. The van der Waals surface area contributed by atoms with Crippen molar-refractivity contribution in [2.24, 2.45) is 0 Å². The number of likely N-dealkylation sites (N-methyl/N-ethyl adjacent to an activating group) is 1. The summed E-state index contributed by atoms with van der Waals surface area (Å²) in [5.74, 6) is -0.166. The Morgan fingerprint density at radius 1 is 1.38 bits per heavy atom. The maximum atomic E-state index is 13.4. The second-order valence-electron chi connectivity index (χ2n) is 4.49. The molecule has 2 rings (SSSR count). The summed E-state index contributed by atoms with van der Waals surface area (Å²) in [5.41, 5.74) is 0.612. The van der Waals surface area contributed by atoms with Crippen LogP contribution in [0.4, 0.5) is 10.1 Å². The number of rotatable bonds is 3. The van der Waals surface area contributed by atoms with E-state index in [9.17, 15) is 4.39 Å². The minimum atomic E-state index is -0.166. The van der Waals surface area contributed by atoms with Crippen LogP contribution in [0, 0.1) is 5.82 Å². The van der Waals surface area contributed by atoms with Gasteiger partial charge in [0.05, 0.1) is 5.69 Å². The zero-order valence-corrected chi connectivity index (χ0v) is 9.75. The highest BCUT2D eigenvalue weighted by molar-refractivity contribution is 5.44. The van der Waals surface area contributed by atoms with Crippen molar-refractivity contribution in [1.82, 2.24) is 4.90 Å². The van der Waals surface area contributed by atoms with Gasteiger partial charge in [-0.1, -0.05) is 18.6 Å². The number of nitrogens with one attached hydrogen (secondary N) is 1. The molecule has 0 bridgehead atoms. The molecule has 1 aromatic rings. The highest BCUT2D eigenvalue weighted by Gasteiger charge is 2.18. The van der Waals surface area contributed by atoms with Crippen LogP contribution in [-0.4, -0.2) is 31.1 Å². The van der Waals surface area contributed by atoms with Crippen LogP contribution in [0.3, 0.4) is 0 Å². The molecule has 1 heterocycles. The summed E-state index contributed by atoms with van der Waals surface area (Å²) >= 11 is 0. The van der Waals surface area contributed by atoms with Crippen LogP contribution in [0.5, 0.6) is 0 Å². The fraction of sp³-hybridized carbons (Fsp3) is 0.538. The third-order valence-corrected chi connectivity index (χ3v) is 3.32. The van der Waals surface area contributed by atoms with Gasteiger partial charge in [0.25, 0.3) is 0 Å². The summed E-state index contributed by atoms with van der Waals surface area (Å²) in [6, 6.07) is 7.39.